The number of fused-ring (bicyclic) bond motifs is 2. The predicted molar refractivity (Wildman–Crippen MR) is 103 cm³/mol. The molecule has 3 nitrogen and oxygen atoms in total. The van der Waals surface area contributed by atoms with E-state index in [9.17, 15) is 4.79 Å². The number of hydrogen-bond acceptors (Lipinski definition) is 4. The van der Waals surface area contributed by atoms with Crippen LogP contribution >= 0.6 is 23.4 Å². The molecule has 0 radical (unpaired) electrons. The minimum atomic E-state index is -0.295. The molecule has 1 aliphatic rings. The van der Waals surface area contributed by atoms with Gasteiger partial charge < -0.3 is 9.64 Å². The van der Waals surface area contributed by atoms with Crippen molar-refractivity contribution in [2.45, 2.75) is 35.5 Å². The van der Waals surface area contributed by atoms with Crippen LogP contribution in [0.5, 0.6) is 5.75 Å². The summed E-state index contributed by atoms with van der Waals surface area (Å²) < 4.78 is 5.30. The number of carbonyl (C=O) groups is 1. The highest BCUT2D eigenvalue weighted by Gasteiger charge is 2.27. The fourth-order valence-electron chi connectivity index (χ4n) is 3.21. The zero-order valence-corrected chi connectivity index (χ0v) is 16.3. The third-order valence-corrected chi connectivity index (χ3v) is 5.70. The van der Waals surface area contributed by atoms with Gasteiger partial charge in [0.2, 0.25) is 0 Å². The monoisotopic (exact) mass is 375 g/mol. The summed E-state index contributed by atoms with van der Waals surface area (Å²) in [7, 11) is 4.18. The highest BCUT2D eigenvalue weighted by atomic mass is 35.5. The Labute approximate surface area is 158 Å². The van der Waals surface area contributed by atoms with Crippen molar-refractivity contribution < 1.29 is 9.53 Å². The van der Waals surface area contributed by atoms with Crippen LogP contribution in [-0.2, 0) is 4.79 Å². The third-order valence-electron chi connectivity index (χ3n) is 4.28. The Hall–Kier alpha value is -1.49. The Morgan fingerprint density at radius 1 is 1.16 bits per heavy atom. The van der Waals surface area contributed by atoms with Crippen molar-refractivity contribution in [2.75, 3.05) is 20.6 Å². The van der Waals surface area contributed by atoms with Crippen LogP contribution in [-0.4, -0.2) is 31.5 Å². The number of ether oxygens (including phenoxy) is 1. The van der Waals surface area contributed by atoms with Gasteiger partial charge in [-0.15, -0.1) is 0 Å². The van der Waals surface area contributed by atoms with Crippen LogP contribution in [0.2, 0.25) is 5.02 Å². The fourth-order valence-corrected chi connectivity index (χ4v) is 4.54. The summed E-state index contributed by atoms with van der Waals surface area (Å²) >= 11 is 8.02. The summed E-state index contributed by atoms with van der Waals surface area (Å²) in [5.74, 6) is 0.575. The van der Waals surface area contributed by atoms with Crippen molar-refractivity contribution in [2.24, 2.45) is 0 Å². The predicted octanol–water partition coefficient (Wildman–Crippen LogP) is 5.20. The molecular weight excluding hydrogens is 354 g/mol. The Morgan fingerprint density at radius 2 is 1.84 bits per heavy atom. The topological polar surface area (TPSA) is 29.5 Å². The summed E-state index contributed by atoms with van der Waals surface area (Å²) in [5.41, 5.74) is 2.49. The standard InChI is InChI=1S/C20H22ClNO2S/c1-13(23)24-15-7-9-20-18(12-15)16(5-4-10-22(2)3)17-11-14(21)6-8-19(17)25-20/h6-9,11-12,16H,4-5,10H2,1-3H3. The lowest BCUT2D eigenvalue weighted by Crippen LogP contribution is -2.16. The van der Waals surface area contributed by atoms with E-state index < -0.39 is 0 Å². The summed E-state index contributed by atoms with van der Waals surface area (Å²) in [6, 6.07) is 12.0. The zero-order valence-electron chi connectivity index (χ0n) is 14.7. The summed E-state index contributed by atoms with van der Waals surface area (Å²) in [5, 5.41) is 0.761. The maximum atomic E-state index is 11.3. The second-order valence-corrected chi connectivity index (χ2v) is 8.10. The zero-order chi connectivity index (χ0) is 18.0. The van der Waals surface area contributed by atoms with Crippen LogP contribution < -0.4 is 4.74 Å². The maximum Gasteiger partial charge on any atom is 0.308 e. The first kappa shape index (κ1) is 18.3. The van der Waals surface area contributed by atoms with Gasteiger partial charge in [0, 0.05) is 27.7 Å². The van der Waals surface area contributed by atoms with Crippen LogP contribution in [0.15, 0.2) is 46.2 Å². The lowest BCUT2D eigenvalue weighted by atomic mass is 9.86. The molecule has 0 spiro atoms. The highest BCUT2D eigenvalue weighted by molar-refractivity contribution is 7.99. The van der Waals surface area contributed by atoms with Crippen LogP contribution in [0.1, 0.15) is 36.8 Å². The molecule has 3 rings (SSSR count). The van der Waals surface area contributed by atoms with Gasteiger partial charge in [0.05, 0.1) is 0 Å². The van der Waals surface area contributed by atoms with Crippen molar-refractivity contribution in [1.29, 1.82) is 0 Å². The molecular formula is C20H22ClNO2S. The molecule has 0 aliphatic carbocycles. The quantitative estimate of drug-likeness (QED) is 0.530. The van der Waals surface area contributed by atoms with E-state index in [1.165, 1.54) is 27.8 Å². The molecule has 0 N–H and O–H groups in total. The molecule has 1 heterocycles. The van der Waals surface area contributed by atoms with Gasteiger partial charge >= 0.3 is 5.97 Å². The normalized spacial score (nSPS) is 15.6. The second-order valence-electron chi connectivity index (χ2n) is 6.58. The smallest absolute Gasteiger partial charge is 0.308 e. The number of rotatable bonds is 5. The van der Waals surface area contributed by atoms with E-state index in [2.05, 4.69) is 37.2 Å². The molecule has 2 aromatic carbocycles. The van der Waals surface area contributed by atoms with Gasteiger partial charge in [-0.05, 0) is 81.0 Å². The van der Waals surface area contributed by atoms with Gasteiger partial charge in [0.25, 0.3) is 0 Å². The van der Waals surface area contributed by atoms with Gasteiger partial charge in [-0.3, -0.25) is 4.79 Å². The molecule has 0 bridgehead atoms. The van der Waals surface area contributed by atoms with Gasteiger partial charge in [-0.2, -0.15) is 0 Å². The van der Waals surface area contributed by atoms with Gasteiger partial charge in [0.1, 0.15) is 5.75 Å². The largest absolute Gasteiger partial charge is 0.427 e. The number of nitrogens with zero attached hydrogens (tertiary/aromatic N) is 1. The molecule has 1 atom stereocenters. The van der Waals surface area contributed by atoms with Crippen LogP contribution in [0.4, 0.5) is 0 Å². The Balaban J connectivity index is 1.98. The van der Waals surface area contributed by atoms with E-state index in [1.54, 1.807) is 11.8 Å². The molecule has 0 fully saturated rings. The molecule has 132 valence electrons. The third kappa shape index (κ3) is 4.38. The molecule has 2 aromatic rings. The van der Waals surface area contributed by atoms with Crippen molar-refractivity contribution >= 4 is 29.3 Å². The number of hydrogen-bond donors (Lipinski definition) is 0. The SMILES string of the molecule is CC(=O)Oc1ccc2c(c1)C(CCCN(C)C)c1cc(Cl)ccc1S2. The number of esters is 1. The summed E-state index contributed by atoms with van der Waals surface area (Å²) in [6.45, 7) is 2.47. The van der Waals surface area contributed by atoms with Gasteiger partial charge in [0.15, 0.2) is 0 Å². The van der Waals surface area contributed by atoms with E-state index in [1.807, 2.05) is 18.2 Å². The second kappa shape index (κ2) is 7.81. The summed E-state index contributed by atoms with van der Waals surface area (Å²) in [6.07, 6.45) is 2.12. The lowest BCUT2D eigenvalue weighted by Gasteiger charge is -2.29. The fraction of sp³-hybridized carbons (Fsp3) is 0.350. The first-order valence-corrected chi connectivity index (χ1v) is 9.58. The van der Waals surface area contributed by atoms with Gasteiger partial charge in [-0.25, -0.2) is 0 Å². The molecule has 0 aromatic heterocycles. The van der Waals surface area contributed by atoms with E-state index >= 15 is 0 Å². The van der Waals surface area contributed by atoms with Crippen molar-refractivity contribution in [3.63, 3.8) is 0 Å². The molecule has 0 amide bonds. The Kier molecular flexibility index (Phi) is 5.72. The van der Waals surface area contributed by atoms with E-state index in [0.717, 1.165) is 24.4 Å². The van der Waals surface area contributed by atoms with Crippen LogP contribution in [0.3, 0.4) is 0 Å². The minimum Gasteiger partial charge on any atom is -0.427 e. The molecule has 1 aliphatic heterocycles. The van der Waals surface area contributed by atoms with E-state index in [4.69, 9.17) is 16.3 Å². The van der Waals surface area contributed by atoms with Crippen molar-refractivity contribution in [3.05, 3.63) is 52.5 Å². The van der Waals surface area contributed by atoms with Crippen LogP contribution in [0, 0.1) is 0 Å². The van der Waals surface area contributed by atoms with E-state index in [-0.39, 0.29) is 11.9 Å². The molecule has 5 heteroatoms. The molecule has 1 unspecified atom stereocenters. The Bertz CT molecular complexity index is 791. The first-order valence-electron chi connectivity index (χ1n) is 8.38. The van der Waals surface area contributed by atoms with Gasteiger partial charge in [-0.1, -0.05) is 23.4 Å². The van der Waals surface area contributed by atoms with Crippen LogP contribution in [0.25, 0.3) is 0 Å². The Morgan fingerprint density at radius 3 is 2.52 bits per heavy atom. The average molecular weight is 376 g/mol. The maximum absolute atomic E-state index is 11.3. The van der Waals surface area contributed by atoms with E-state index in [0.29, 0.717) is 5.75 Å². The highest BCUT2D eigenvalue weighted by Crippen LogP contribution is 2.49. The average Bonchev–Trinajstić information content (AvgIpc) is 2.54. The van der Waals surface area contributed by atoms with Crippen molar-refractivity contribution in [3.8, 4) is 5.75 Å². The molecule has 25 heavy (non-hydrogen) atoms. The lowest BCUT2D eigenvalue weighted by molar-refractivity contribution is -0.131. The number of carbonyl (C=O) groups excluding carboxylic acids is 1. The number of halogens is 1. The minimum absolute atomic E-state index is 0.264. The molecule has 0 saturated carbocycles. The van der Waals surface area contributed by atoms with Crippen molar-refractivity contribution in [1.82, 2.24) is 4.90 Å². The molecule has 0 saturated heterocycles. The number of benzene rings is 2. The first-order chi connectivity index (χ1) is 11.9. The summed E-state index contributed by atoms with van der Waals surface area (Å²) in [4.78, 5) is 16.0.